The fourth-order valence-electron chi connectivity index (χ4n) is 1.83. The third kappa shape index (κ3) is 4.65. The van der Waals surface area contributed by atoms with E-state index >= 15 is 0 Å². The van der Waals surface area contributed by atoms with Gasteiger partial charge in [0, 0.05) is 0 Å². The van der Waals surface area contributed by atoms with Crippen LogP contribution < -0.4 is 10.5 Å². The summed E-state index contributed by atoms with van der Waals surface area (Å²) < 4.78 is 40.0. The van der Waals surface area contributed by atoms with Crippen molar-refractivity contribution >= 4 is 12.4 Å². The highest BCUT2D eigenvalue weighted by Crippen LogP contribution is 2.26. The number of halogens is 4. The second-order valence-corrected chi connectivity index (χ2v) is 4.33. The summed E-state index contributed by atoms with van der Waals surface area (Å²) in [5.74, 6) is -0.293. The van der Waals surface area contributed by atoms with Crippen LogP contribution in [-0.2, 0) is 0 Å². The molecule has 0 aliphatic carbocycles. The van der Waals surface area contributed by atoms with Gasteiger partial charge in [0.2, 0.25) is 0 Å². The minimum atomic E-state index is -4.71. The third-order valence-corrected chi connectivity index (χ3v) is 2.87. The monoisotopic (exact) mass is 328 g/mol. The molecule has 0 unspecified atom stereocenters. The van der Waals surface area contributed by atoms with E-state index in [1.54, 1.807) is 24.3 Å². The molecule has 0 saturated heterocycles. The Kier molecular flexibility index (Phi) is 5.80. The summed E-state index contributed by atoms with van der Waals surface area (Å²) in [6.07, 6.45) is -4.71. The van der Waals surface area contributed by atoms with Gasteiger partial charge < -0.3 is 10.5 Å². The molecule has 0 radical (unpaired) electrons. The van der Waals surface area contributed by atoms with E-state index in [0.29, 0.717) is 11.1 Å². The van der Waals surface area contributed by atoms with Crippen LogP contribution in [-0.4, -0.2) is 6.36 Å². The predicted octanol–water partition coefficient (Wildman–Crippen LogP) is 3.93. The predicted molar refractivity (Wildman–Crippen MR) is 77.6 cm³/mol. The van der Waals surface area contributed by atoms with Gasteiger partial charge in [-0.15, -0.1) is 25.6 Å². The number of nitrogens with zero attached hydrogens (tertiary/aromatic N) is 1. The number of nitriles is 1. The second-order valence-electron chi connectivity index (χ2n) is 4.33. The van der Waals surface area contributed by atoms with Crippen molar-refractivity contribution in [1.29, 1.82) is 5.26 Å². The Balaban J connectivity index is 0.00000242. The minimum Gasteiger partial charge on any atom is -0.406 e. The Hall–Kier alpha value is -2.23. The molecular weight excluding hydrogens is 317 g/mol. The van der Waals surface area contributed by atoms with Crippen LogP contribution in [0.25, 0.3) is 0 Å². The standard InChI is InChI=1S/C15H11F3N2O.ClH/c16-15(17,18)21-13-7-5-12(6-8-13)14(20)11-3-1-10(9-19)2-4-11;/h1-8,14H,20H2;1H/t14-;/m1./s1. The molecule has 2 rings (SSSR count). The Morgan fingerprint density at radius 2 is 1.41 bits per heavy atom. The number of ether oxygens (including phenoxy) is 1. The van der Waals surface area contributed by atoms with Gasteiger partial charge in [-0.25, -0.2) is 0 Å². The Bertz CT molecular complexity index is 648. The summed E-state index contributed by atoms with van der Waals surface area (Å²) >= 11 is 0. The summed E-state index contributed by atoms with van der Waals surface area (Å²) in [6, 6.07) is 13.6. The van der Waals surface area contributed by atoms with Crippen LogP contribution in [0.3, 0.4) is 0 Å². The van der Waals surface area contributed by atoms with Crippen LogP contribution in [0.5, 0.6) is 5.75 Å². The van der Waals surface area contributed by atoms with Crippen molar-refractivity contribution < 1.29 is 17.9 Å². The first kappa shape index (κ1) is 17.8. The highest BCUT2D eigenvalue weighted by atomic mass is 35.5. The maximum atomic E-state index is 12.1. The van der Waals surface area contributed by atoms with E-state index in [2.05, 4.69) is 4.74 Å². The summed E-state index contributed by atoms with van der Waals surface area (Å²) in [6.45, 7) is 0. The van der Waals surface area contributed by atoms with E-state index in [-0.39, 0.29) is 18.2 Å². The SMILES string of the molecule is Cl.N#Cc1ccc([C@@H](N)c2ccc(OC(F)(F)F)cc2)cc1. The van der Waals surface area contributed by atoms with Gasteiger partial charge in [-0.05, 0) is 35.4 Å². The van der Waals surface area contributed by atoms with Crippen LogP contribution >= 0.6 is 12.4 Å². The van der Waals surface area contributed by atoms with E-state index in [9.17, 15) is 13.2 Å². The first-order valence-corrected chi connectivity index (χ1v) is 6.00. The Labute approximate surface area is 131 Å². The van der Waals surface area contributed by atoms with Gasteiger partial charge in [0.25, 0.3) is 0 Å². The van der Waals surface area contributed by atoms with Crippen LogP contribution in [0.2, 0.25) is 0 Å². The molecule has 0 aliphatic rings. The third-order valence-electron chi connectivity index (χ3n) is 2.87. The lowest BCUT2D eigenvalue weighted by atomic mass is 9.99. The number of alkyl halides is 3. The molecular formula is C15H12ClF3N2O. The number of hydrogen-bond donors (Lipinski definition) is 1. The highest BCUT2D eigenvalue weighted by molar-refractivity contribution is 5.85. The molecule has 2 N–H and O–H groups in total. The fourth-order valence-corrected chi connectivity index (χ4v) is 1.83. The molecule has 0 aliphatic heterocycles. The normalized spacial score (nSPS) is 12.0. The average molecular weight is 329 g/mol. The van der Waals surface area contributed by atoms with Gasteiger partial charge in [-0.1, -0.05) is 24.3 Å². The highest BCUT2D eigenvalue weighted by Gasteiger charge is 2.31. The Morgan fingerprint density at radius 3 is 1.82 bits per heavy atom. The summed E-state index contributed by atoms with van der Waals surface area (Å²) in [7, 11) is 0. The average Bonchev–Trinajstić information content (AvgIpc) is 2.46. The lowest BCUT2D eigenvalue weighted by Gasteiger charge is -2.14. The molecule has 0 bridgehead atoms. The van der Waals surface area contributed by atoms with E-state index < -0.39 is 12.4 Å². The number of hydrogen-bond acceptors (Lipinski definition) is 3. The van der Waals surface area contributed by atoms with Crippen LogP contribution in [0.1, 0.15) is 22.7 Å². The summed E-state index contributed by atoms with van der Waals surface area (Å²) in [5.41, 5.74) is 7.96. The summed E-state index contributed by atoms with van der Waals surface area (Å²) in [4.78, 5) is 0. The topological polar surface area (TPSA) is 59.0 Å². The first-order chi connectivity index (χ1) is 9.89. The van der Waals surface area contributed by atoms with E-state index in [1.165, 1.54) is 24.3 Å². The van der Waals surface area contributed by atoms with E-state index in [1.807, 2.05) is 6.07 Å². The molecule has 3 nitrogen and oxygen atoms in total. The molecule has 7 heteroatoms. The maximum absolute atomic E-state index is 12.1. The molecule has 0 saturated carbocycles. The van der Waals surface area contributed by atoms with Crippen LogP contribution in [0.15, 0.2) is 48.5 Å². The zero-order chi connectivity index (χ0) is 15.5. The van der Waals surface area contributed by atoms with Crippen LogP contribution in [0.4, 0.5) is 13.2 Å². The van der Waals surface area contributed by atoms with Gasteiger partial charge in [0.1, 0.15) is 5.75 Å². The largest absolute Gasteiger partial charge is 0.573 e. The molecule has 0 spiro atoms. The molecule has 0 heterocycles. The Morgan fingerprint density at radius 1 is 0.955 bits per heavy atom. The zero-order valence-electron chi connectivity index (χ0n) is 11.2. The molecule has 1 atom stereocenters. The molecule has 2 aromatic rings. The van der Waals surface area contributed by atoms with Crippen molar-refractivity contribution in [1.82, 2.24) is 0 Å². The second kappa shape index (κ2) is 7.16. The van der Waals surface area contributed by atoms with Gasteiger partial charge in [-0.2, -0.15) is 5.26 Å². The van der Waals surface area contributed by atoms with Crippen molar-refractivity contribution in [2.75, 3.05) is 0 Å². The molecule has 0 amide bonds. The molecule has 116 valence electrons. The van der Waals surface area contributed by atoms with Crippen LogP contribution in [0, 0.1) is 11.3 Å². The first-order valence-electron chi connectivity index (χ1n) is 6.00. The lowest BCUT2D eigenvalue weighted by molar-refractivity contribution is -0.274. The molecule has 0 aromatic heterocycles. The summed E-state index contributed by atoms with van der Waals surface area (Å²) in [5, 5.41) is 8.72. The molecule has 22 heavy (non-hydrogen) atoms. The van der Waals surface area contributed by atoms with Gasteiger partial charge in [0.15, 0.2) is 0 Å². The zero-order valence-corrected chi connectivity index (χ0v) is 12.0. The van der Waals surface area contributed by atoms with Crippen molar-refractivity contribution in [3.63, 3.8) is 0 Å². The van der Waals surface area contributed by atoms with Crippen molar-refractivity contribution in [2.24, 2.45) is 5.73 Å². The van der Waals surface area contributed by atoms with E-state index in [0.717, 1.165) is 5.56 Å². The number of nitrogens with two attached hydrogens (primary N) is 1. The van der Waals surface area contributed by atoms with Crippen molar-refractivity contribution in [3.05, 3.63) is 65.2 Å². The number of benzene rings is 2. The van der Waals surface area contributed by atoms with Gasteiger partial charge in [0.05, 0.1) is 17.7 Å². The quantitative estimate of drug-likeness (QED) is 0.928. The fraction of sp³-hybridized carbons (Fsp3) is 0.133. The molecule has 0 fully saturated rings. The van der Waals surface area contributed by atoms with Crippen molar-refractivity contribution in [3.8, 4) is 11.8 Å². The van der Waals surface area contributed by atoms with E-state index in [4.69, 9.17) is 11.0 Å². The minimum absolute atomic E-state index is 0. The smallest absolute Gasteiger partial charge is 0.406 e. The van der Waals surface area contributed by atoms with Gasteiger partial charge >= 0.3 is 6.36 Å². The number of rotatable bonds is 3. The lowest BCUT2D eigenvalue weighted by Crippen LogP contribution is -2.17. The van der Waals surface area contributed by atoms with Crippen molar-refractivity contribution in [2.45, 2.75) is 12.4 Å². The van der Waals surface area contributed by atoms with Gasteiger partial charge in [-0.3, -0.25) is 0 Å². The molecule has 2 aromatic carbocycles. The maximum Gasteiger partial charge on any atom is 0.573 e.